The summed E-state index contributed by atoms with van der Waals surface area (Å²) >= 11 is 7.29. The number of hydrogen-bond donors (Lipinski definition) is 1. The summed E-state index contributed by atoms with van der Waals surface area (Å²) in [7, 11) is -3.78. The highest BCUT2D eigenvalue weighted by Crippen LogP contribution is 2.27. The number of aryl methyl sites for hydroxylation is 3. The summed E-state index contributed by atoms with van der Waals surface area (Å²) in [6.07, 6.45) is 0. The first-order valence-electron chi connectivity index (χ1n) is 10.5. The largest absolute Gasteiger partial charge is 0.308 e. The van der Waals surface area contributed by atoms with Gasteiger partial charge in [-0.3, -0.25) is 9.36 Å². The zero-order chi connectivity index (χ0) is 23.9. The molecule has 1 N–H and O–H groups in total. The molecule has 172 valence electrons. The molecule has 1 atom stereocenters. The molecule has 0 radical (unpaired) electrons. The van der Waals surface area contributed by atoms with Crippen LogP contribution in [0.5, 0.6) is 0 Å². The number of benzene rings is 3. The van der Waals surface area contributed by atoms with Crippen LogP contribution in [0.1, 0.15) is 40.8 Å². The number of aromatic nitrogens is 1. The average Bonchev–Trinajstić information content (AvgIpc) is 3.06. The van der Waals surface area contributed by atoms with Gasteiger partial charge in [0.25, 0.3) is 0 Å². The maximum Gasteiger partial charge on any atom is 0.308 e. The zero-order valence-corrected chi connectivity index (χ0v) is 21.2. The number of sulfonamides is 1. The Morgan fingerprint density at radius 2 is 1.70 bits per heavy atom. The number of nitrogens with one attached hydrogen (secondary N) is 1. The second-order valence-electron chi connectivity index (χ2n) is 8.31. The first kappa shape index (κ1) is 23.7. The van der Waals surface area contributed by atoms with Gasteiger partial charge in [-0.15, -0.1) is 0 Å². The highest BCUT2D eigenvalue weighted by molar-refractivity contribution is 7.89. The number of thiazole rings is 1. The minimum absolute atomic E-state index is 0.134. The smallest absolute Gasteiger partial charge is 0.294 e. The highest BCUT2D eigenvalue weighted by atomic mass is 35.5. The van der Waals surface area contributed by atoms with Crippen molar-refractivity contribution in [2.75, 3.05) is 0 Å². The molecule has 0 fully saturated rings. The Balaban J connectivity index is 1.65. The van der Waals surface area contributed by atoms with E-state index in [1.807, 2.05) is 52.0 Å². The van der Waals surface area contributed by atoms with Crippen molar-refractivity contribution >= 4 is 43.2 Å². The van der Waals surface area contributed by atoms with Crippen molar-refractivity contribution in [1.82, 2.24) is 9.29 Å². The van der Waals surface area contributed by atoms with Gasteiger partial charge < -0.3 is 0 Å². The van der Waals surface area contributed by atoms with Crippen LogP contribution in [0.3, 0.4) is 0 Å². The van der Waals surface area contributed by atoms with Crippen molar-refractivity contribution in [1.29, 1.82) is 0 Å². The van der Waals surface area contributed by atoms with Crippen molar-refractivity contribution in [3.05, 3.63) is 97.1 Å². The summed E-state index contributed by atoms with van der Waals surface area (Å²) in [4.78, 5) is 12.6. The molecule has 3 aromatic carbocycles. The molecule has 0 aliphatic rings. The fourth-order valence-corrected chi connectivity index (χ4v) is 6.42. The van der Waals surface area contributed by atoms with Crippen molar-refractivity contribution in [3.8, 4) is 0 Å². The third kappa shape index (κ3) is 4.77. The van der Waals surface area contributed by atoms with Crippen LogP contribution in [0.25, 0.3) is 10.2 Å². The predicted octanol–water partition coefficient (Wildman–Crippen LogP) is 5.73. The fourth-order valence-electron chi connectivity index (χ4n) is 3.97. The van der Waals surface area contributed by atoms with Crippen LogP contribution in [0.4, 0.5) is 0 Å². The molecule has 1 aromatic heterocycles. The van der Waals surface area contributed by atoms with E-state index in [4.69, 9.17) is 11.6 Å². The molecule has 0 unspecified atom stereocenters. The molecule has 0 saturated heterocycles. The number of hydrogen-bond acceptors (Lipinski definition) is 4. The van der Waals surface area contributed by atoms with Gasteiger partial charge in [-0.1, -0.05) is 53.3 Å². The van der Waals surface area contributed by atoms with Gasteiger partial charge in [-0.05, 0) is 79.8 Å². The van der Waals surface area contributed by atoms with Crippen LogP contribution in [-0.4, -0.2) is 13.0 Å². The Hall–Kier alpha value is -2.45. The maximum absolute atomic E-state index is 13.1. The molecule has 0 bridgehead atoms. The van der Waals surface area contributed by atoms with Crippen molar-refractivity contribution in [2.45, 2.75) is 45.2 Å². The monoisotopic (exact) mass is 500 g/mol. The fraction of sp³-hybridized carbons (Fsp3) is 0.240. The molecule has 0 saturated carbocycles. The summed E-state index contributed by atoms with van der Waals surface area (Å²) in [6.45, 7) is 8.21. The van der Waals surface area contributed by atoms with Crippen LogP contribution in [0.2, 0.25) is 5.02 Å². The lowest BCUT2D eigenvalue weighted by atomic mass is 9.97. The van der Waals surface area contributed by atoms with Crippen molar-refractivity contribution < 1.29 is 8.42 Å². The van der Waals surface area contributed by atoms with Gasteiger partial charge in [0.05, 0.1) is 21.7 Å². The molecule has 0 amide bonds. The summed E-state index contributed by atoms with van der Waals surface area (Å²) in [5.41, 5.74) is 5.79. The van der Waals surface area contributed by atoms with Gasteiger partial charge in [0, 0.05) is 11.1 Å². The number of nitrogens with zero attached hydrogens (tertiary/aromatic N) is 1. The highest BCUT2D eigenvalue weighted by Gasteiger charge is 2.21. The maximum atomic E-state index is 13.1. The van der Waals surface area contributed by atoms with Crippen LogP contribution >= 0.6 is 22.9 Å². The SMILES string of the molecule is Cc1cc(C)c([C@@H](C)NS(=O)(=O)c2ccc3c(c2)sc(=O)n3Cc2ccccc2Cl)cc1C. The molecular formula is C25H25ClN2O3S2. The minimum atomic E-state index is -3.78. The number of halogens is 1. The van der Waals surface area contributed by atoms with E-state index in [1.165, 1.54) is 5.56 Å². The minimum Gasteiger partial charge on any atom is -0.294 e. The first-order chi connectivity index (χ1) is 15.6. The van der Waals surface area contributed by atoms with E-state index in [0.717, 1.165) is 33.6 Å². The molecule has 4 rings (SSSR count). The Morgan fingerprint density at radius 1 is 1.00 bits per heavy atom. The number of fused-ring (bicyclic) bond motifs is 1. The second-order valence-corrected chi connectivity index (χ2v) is 11.4. The van der Waals surface area contributed by atoms with E-state index in [0.29, 0.717) is 21.8 Å². The predicted molar refractivity (Wildman–Crippen MR) is 136 cm³/mol. The lowest BCUT2D eigenvalue weighted by molar-refractivity contribution is 0.566. The van der Waals surface area contributed by atoms with Crippen LogP contribution in [-0.2, 0) is 16.6 Å². The van der Waals surface area contributed by atoms with Crippen molar-refractivity contribution in [2.24, 2.45) is 0 Å². The normalized spacial score (nSPS) is 12.9. The Labute approximate surface area is 202 Å². The lowest BCUT2D eigenvalue weighted by Gasteiger charge is -2.18. The van der Waals surface area contributed by atoms with Crippen LogP contribution in [0, 0.1) is 20.8 Å². The van der Waals surface area contributed by atoms with Crippen LogP contribution < -0.4 is 9.60 Å². The van der Waals surface area contributed by atoms with E-state index >= 15 is 0 Å². The van der Waals surface area contributed by atoms with E-state index in [-0.39, 0.29) is 9.77 Å². The quantitative estimate of drug-likeness (QED) is 0.367. The average molecular weight is 501 g/mol. The van der Waals surface area contributed by atoms with Gasteiger partial charge in [-0.2, -0.15) is 0 Å². The van der Waals surface area contributed by atoms with Gasteiger partial charge >= 0.3 is 4.87 Å². The molecule has 1 heterocycles. The molecule has 8 heteroatoms. The summed E-state index contributed by atoms with van der Waals surface area (Å²) in [6, 6.07) is 15.9. The number of rotatable bonds is 6. The molecule has 0 aliphatic heterocycles. The third-order valence-corrected chi connectivity index (χ3v) is 8.77. The topological polar surface area (TPSA) is 68.2 Å². The van der Waals surface area contributed by atoms with E-state index < -0.39 is 16.1 Å². The molecule has 33 heavy (non-hydrogen) atoms. The summed E-state index contributed by atoms with van der Waals surface area (Å²) in [5, 5.41) is 0.586. The Bertz CT molecular complexity index is 1520. The van der Waals surface area contributed by atoms with E-state index in [1.54, 1.807) is 28.8 Å². The van der Waals surface area contributed by atoms with Gasteiger partial charge in [0.15, 0.2) is 0 Å². The van der Waals surface area contributed by atoms with Gasteiger partial charge in [0.2, 0.25) is 10.0 Å². The van der Waals surface area contributed by atoms with Crippen LogP contribution in [0.15, 0.2) is 64.3 Å². The zero-order valence-electron chi connectivity index (χ0n) is 18.8. The summed E-state index contributed by atoms with van der Waals surface area (Å²) in [5.74, 6) is 0. The van der Waals surface area contributed by atoms with Gasteiger partial charge in [-0.25, -0.2) is 13.1 Å². The molecule has 5 nitrogen and oxygen atoms in total. The molecular weight excluding hydrogens is 476 g/mol. The van der Waals surface area contributed by atoms with Crippen molar-refractivity contribution in [3.63, 3.8) is 0 Å². The first-order valence-corrected chi connectivity index (χ1v) is 13.2. The van der Waals surface area contributed by atoms with E-state index in [2.05, 4.69) is 10.8 Å². The lowest BCUT2D eigenvalue weighted by Crippen LogP contribution is -2.27. The summed E-state index contributed by atoms with van der Waals surface area (Å²) < 4.78 is 31.3. The second kappa shape index (κ2) is 9.06. The molecule has 0 spiro atoms. The molecule has 0 aliphatic carbocycles. The van der Waals surface area contributed by atoms with E-state index in [9.17, 15) is 13.2 Å². The molecule has 4 aromatic rings. The van der Waals surface area contributed by atoms with Gasteiger partial charge in [0.1, 0.15) is 0 Å². The standard InChI is InChI=1S/C25H25ClN2O3S2/c1-15-11-17(3)21(12-16(15)2)18(4)27-33(30,31)20-9-10-23-24(13-20)32-25(29)28(23)14-19-7-5-6-8-22(19)26/h5-13,18,27H,14H2,1-4H3/t18-/m1/s1. The third-order valence-electron chi connectivity index (χ3n) is 5.92. The Kier molecular flexibility index (Phi) is 6.51. The Morgan fingerprint density at radius 3 is 2.42 bits per heavy atom.